The van der Waals surface area contributed by atoms with E-state index < -0.39 is 19.5 Å². The van der Waals surface area contributed by atoms with Crippen molar-refractivity contribution in [3.8, 4) is 5.75 Å². The quantitative estimate of drug-likeness (QED) is 0.718. The molecule has 1 aromatic rings. The van der Waals surface area contributed by atoms with Gasteiger partial charge in [-0.25, -0.2) is 0 Å². The molecular weight excluding hydrogens is 303 g/mol. The Bertz CT molecular complexity index is 452. The van der Waals surface area contributed by atoms with E-state index in [0.29, 0.717) is 0 Å². The fourth-order valence-corrected chi connectivity index (χ4v) is 3.45. The molecule has 2 rings (SSSR count). The molecule has 1 aromatic carbocycles. The van der Waals surface area contributed by atoms with Crippen LogP contribution >= 0.6 is 24.8 Å². The molecule has 0 N–H and O–H groups in total. The molecule has 0 bridgehead atoms. The molecular formula is C14H18Cl2OTi. The molecule has 0 radical (unpaired) electrons. The van der Waals surface area contributed by atoms with E-state index in [4.69, 9.17) is 3.32 Å². The Labute approximate surface area is 131 Å². The predicted molar refractivity (Wildman–Crippen MR) is 77.3 cm³/mol. The van der Waals surface area contributed by atoms with Crippen LogP contribution in [0.2, 0.25) is 0 Å². The Morgan fingerprint density at radius 2 is 1.56 bits per heavy atom. The second kappa shape index (κ2) is 8.06. The normalized spacial score (nSPS) is 13.9. The van der Waals surface area contributed by atoms with Gasteiger partial charge in [0.25, 0.3) is 0 Å². The first-order valence-corrected chi connectivity index (χ1v) is 6.94. The SMILES string of the molecule is CC1=C(C)C(C)=[C]([Ti][O]c2ccccc2)C1.Cl.Cl. The van der Waals surface area contributed by atoms with Crippen LogP contribution in [0.25, 0.3) is 0 Å². The minimum atomic E-state index is -0.454. The van der Waals surface area contributed by atoms with Crippen molar-refractivity contribution in [2.45, 2.75) is 27.2 Å². The Hall–Kier alpha value is -0.206. The summed E-state index contributed by atoms with van der Waals surface area (Å²) in [5, 5.41) is 0. The van der Waals surface area contributed by atoms with E-state index >= 15 is 0 Å². The van der Waals surface area contributed by atoms with Gasteiger partial charge in [-0.15, -0.1) is 24.8 Å². The van der Waals surface area contributed by atoms with Crippen molar-refractivity contribution in [1.29, 1.82) is 0 Å². The van der Waals surface area contributed by atoms with E-state index in [0.717, 1.165) is 12.2 Å². The van der Waals surface area contributed by atoms with Crippen molar-refractivity contribution >= 4 is 24.8 Å². The van der Waals surface area contributed by atoms with Gasteiger partial charge in [0.2, 0.25) is 0 Å². The monoisotopic (exact) mass is 320 g/mol. The van der Waals surface area contributed by atoms with Crippen LogP contribution in [0.3, 0.4) is 0 Å². The number of para-hydroxylation sites is 1. The molecule has 1 nitrogen and oxygen atoms in total. The van der Waals surface area contributed by atoms with Gasteiger partial charge < -0.3 is 0 Å². The second-order valence-electron chi connectivity index (χ2n) is 4.20. The maximum atomic E-state index is 5.90. The molecule has 0 saturated heterocycles. The van der Waals surface area contributed by atoms with E-state index in [9.17, 15) is 0 Å². The van der Waals surface area contributed by atoms with E-state index in [1.807, 2.05) is 30.3 Å². The van der Waals surface area contributed by atoms with E-state index in [1.165, 1.54) is 16.7 Å². The zero-order chi connectivity index (χ0) is 11.5. The maximum absolute atomic E-state index is 5.90. The molecule has 18 heavy (non-hydrogen) atoms. The van der Waals surface area contributed by atoms with Gasteiger partial charge >= 0.3 is 107 Å². The fourth-order valence-electron chi connectivity index (χ4n) is 1.80. The Morgan fingerprint density at radius 3 is 2.06 bits per heavy atom. The van der Waals surface area contributed by atoms with E-state index in [-0.39, 0.29) is 24.8 Å². The first kappa shape index (κ1) is 17.8. The third-order valence-corrected chi connectivity index (χ3v) is 4.91. The average Bonchev–Trinajstić information content (AvgIpc) is 2.56. The summed E-state index contributed by atoms with van der Waals surface area (Å²) < 4.78 is 7.44. The van der Waals surface area contributed by atoms with Gasteiger partial charge in [-0.3, -0.25) is 0 Å². The van der Waals surface area contributed by atoms with Gasteiger partial charge in [0.05, 0.1) is 0 Å². The van der Waals surface area contributed by atoms with E-state index in [1.54, 1.807) is 3.88 Å². The van der Waals surface area contributed by atoms with Crippen LogP contribution in [0, 0.1) is 0 Å². The third-order valence-electron chi connectivity index (χ3n) is 3.13. The zero-order valence-electron chi connectivity index (χ0n) is 10.8. The van der Waals surface area contributed by atoms with Gasteiger partial charge in [0, 0.05) is 0 Å². The molecule has 0 aromatic heterocycles. The minimum absolute atomic E-state index is 0. The molecule has 0 atom stereocenters. The number of allylic oxidation sites excluding steroid dienone is 4. The second-order valence-corrected chi connectivity index (χ2v) is 5.78. The van der Waals surface area contributed by atoms with Crippen LogP contribution < -0.4 is 3.32 Å². The summed E-state index contributed by atoms with van der Waals surface area (Å²) in [6, 6.07) is 10.1. The van der Waals surface area contributed by atoms with Crippen LogP contribution in [0.5, 0.6) is 5.75 Å². The molecule has 0 aliphatic heterocycles. The van der Waals surface area contributed by atoms with E-state index in [2.05, 4.69) is 20.8 Å². The molecule has 0 saturated carbocycles. The average molecular weight is 321 g/mol. The standard InChI is InChI=1S/C8H11.C6H6O.2ClH.Ti/c1-6-4-5-7(2)8(6)3;7-6-4-2-1-3-5-6;;;/h4H2,1-3H3;1-5,7H;2*1H;/q;;;;+1/p-1. The van der Waals surface area contributed by atoms with Crippen molar-refractivity contribution in [1.82, 2.24) is 0 Å². The topological polar surface area (TPSA) is 9.23 Å². The number of halogens is 2. The summed E-state index contributed by atoms with van der Waals surface area (Å²) >= 11 is -0.454. The predicted octanol–water partition coefficient (Wildman–Crippen LogP) is 4.92. The number of benzene rings is 1. The molecule has 0 heterocycles. The largest absolute Gasteiger partial charge is 0.147 e. The summed E-state index contributed by atoms with van der Waals surface area (Å²) in [5.41, 5.74) is 4.44. The van der Waals surface area contributed by atoms with Gasteiger partial charge in [-0.05, 0) is 0 Å². The summed E-state index contributed by atoms with van der Waals surface area (Å²) in [5.74, 6) is 1.00. The van der Waals surface area contributed by atoms with Gasteiger partial charge in [0.1, 0.15) is 0 Å². The molecule has 0 amide bonds. The van der Waals surface area contributed by atoms with Gasteiger partial charge in [0.15, 0.2) is 0 Å². The molecule has 4 heteroatoms. The first-order chi connectivity index (χ1) is 7.68. The van der Waals surface area contributed by atoms with Crippen LogP contribution in [0.15, 0.2) is 50.9 Å². The first-order valence-electron chi connectivity index (χ1n) is 5.53. The Kier molecular flexibility index (Phi) is 7.97. The van der Waals surface area contributed by atoms with Crippen molar-refractivity contribution in [2.75, 3.05) is 0 Å². The van der Waals surface area contributed by atoms with Crippen molar-refractivity contribution in [3.63, 3.8) is 0 Å². The van der Waals surface area contributed by atoms with Crippen LogP contribution in [0.4, 0.5) is 0 Å². The summed E-state index contributed by atoms with van der Waals surface area (Å²) in [6.45, 7) is 6.66. The Morgan fingerprint density at radius 1 is 0.944 bits per heavy atom. The maximum Gasteiger partial charge on any atom is -0.147 e. The number of rotatable bonds is 3. The van der Waals surface area contributed by atoms with Crippen LogP contribution in [-0.2, 0) is 19.5 Å². The van der Waals surface area contributed by atoms with Crippen LogP contribution in [0.1, 0.15) is 27.2 Å². The van der Waals surface area contributed by atoms with Crippen molar-refractivity contribution in [3.05, 3.63) is 50.9 Å². The molecule has 0 fully saturated rings. The zero-order valence-corrected chi connectivity index (χ0v) is 14.0. The smallest absolute Gasteiger partial charge is 0.147 e. The molecule has 0 spiro atoms. The summed E-state index contributed by atoms with van der Waals surface area (Å²) in [4.78, 5) is 0. The fraction of sp³-hybridized carbons (Fsp3) is 0.286. The molecule has 98 valence electrons. The molecule has 1 aliphatic rings. The van der Waals surface area contributed by atoms with Gasteiger partial charge in [-0.1, -0.05) is 0 Å². The third kappa shape index (κ3) is 4.17. The summed E-state index contributed by atoms with van der Waals surface area (Å²) in [6.07, 6.45) is 1.13. The summed E-state index contributed by atoms with van der Waals surface area (Å²) in [7, 11) is 0. The Balaban J connectivity index is 0.00000144. The van der Waals surface area contributed by atoms with Crippen LogP contribution in [-0.4, -0.2) is 0 Å². The minimum Gasteiger partial charge on any atom is -0.147 e. The number of hydrogen-bond donors (Lipinski definition) is 0. The van der Waals surface area contributed by atoms with Gasteiger partial charge in [-0.2, -0.15) is 0 Å². The van der Waals surface area contributed by atoms with Crippen molar-refractivity contribution < 1.29 is 22.9 Å². The molecule has 0 unspecified atom stereocenters. The van der Waals surface area contributed by atoms with Crippen molar-refractivity contribution in [2.24, 2.45) is 0 Å². The number of hydrogen-bond acceptors (Lipinski definition) is 1. The molecule has 1 aliphatic carbocycles.